The molecule has 1 aliphatic rings. The van der Waals surface area contributed by atoms with Gasteiger partial charge < -0.3 is 10.4 Å². The van der Waals surface area contributed by atoms with Crippen LogP contribution in [0.15, 0.2) is 46.0 Å². The van der Waals surface area contributed by atoms with Crippen molar-refractivity contribution in [1.82, 2.24) is 5.32 Å². The molecular weight excluding hydrogens is 250 g/mol. The zero-order valence-corrected chi connectivity index (χ0v) is 10.6. The molecule has 0 saturated carbocycles. The second-order valence-corrected chi connectivity index (χ2v) is 4.14. The molecule has 2 rings (SSSR count). The van der Waals surface area contributed by atoms with Gasteiger partial charge in [0.2, 0.25) is 5.96 Å². The quantitative estimate of drug-likeness (QED) is 0.817. The predicted octanol–water partition coefficient (Wildman–Crippen LogP) is 2.01. The zero-order valence-electron chi connectivity index (χ0n) is 9.81. The van der Waals surface area contributed by atoms with Gasteiger partial charge in [-0.3, -0.25) is 4.99 Å². The number of hydrogen-bond donors (Lipinski definition) is 2. The number of nitrogens with one attached hydrogen (secondary N) is 1. The highest BCUT2D eigenvalue weighted by atomic mass is 35.5. The van der Waals surface area contributed by atoms with Crippen molar-refractivity contribution < 1.29 is 5.11 Å². The number of hydrogen-bond acceptors (Lipinski definition) is 2. The van der Waals surface area contributed by atoms with Gasteiger partial charge in [-0.05, 0) is 18.1 Å². The van der Waals surface area contributed by atoms with Crippen molar-refractivity contribution in [3.63, 3.8) is 0 Å². The van der Waals surface area contributed by atoms with Crippen molar-refractivity contribution in [2.45, 2.75) is 6.42 Å². The second kappa shape index (κ2) is 6.33. The molecule has 0 aliphatic carbocycles. The summed E-state index contributed by atoms with van der Waals surface area (Å²) >= 11 is 6.02. The Bertz CT molecular complexity index is 494. The molecule has 1 aliphatic heterocycles. The van der Waals surface area contributed by atoms with Crippen LogP contribution in [0, 0.1) is 0 Å². The molecule has 0 unspecified atom stereocenters. The van der Waals surface area contributed by atoms with Gasteiger partial charge in [-0.25, -0.2) is 0 Å². The summed E-state index contributed by atoms with van der Waals surface area (Å²) in [5.41, 5.74) is 1.79. The van der Waals surface area contributed by atoms with E-state index in [1.807, 2.05) is 36.4 Å². The Kier molecular flexibility index (Phi) is 4.50. The number of aliphatic hydroxyl groups is 1. The maximum Gasteiger partial charge on any atom is 0.224 e. The summed E-state index contributed by atoms with van der Waals surface area (Å²) in [5, 5.41) is 12.1. The van der Waals surface area contributed by atoms with Gasteiger partial charge in [-0.15, -0.1) is 0 Å². The monoisotopic (exact) mass is 263 g/mol. The first kappa shape index (κ1) is 12.8. The van der Waals surface area contributed by atoms with Crippen LogP contribution >= 0.6 is 11.6 Å². The first-order valence-corrected chi connectivity index (χ1v) is 6.11. The highest BCUT2D eigenvalue weighted by Gasteiger charge is 2.15. The van der Waals surface area contributed by atoms with Crippen molar-refractivity contribution >= 4 is 28.8 Å². The van der Waals surface area contributed by atoms with E-state index in [9.17, 15) is 0 Å². The molecule has 1 aromatic carbocycles. The molecule has 94 valence electrons. The molecule has 1 aromatic rings. The summed E-state index contributed by atoms with van der Waals surface area (Å²) in [6, 6.07) is 9.85. The Balaban J connectivity index is 2.08. The van der Waals surface area contributed by atoms with E-state index in [-0.39, 0.29) is 6.61 Å². The molecular formula is C13H14ClN3O. The minimum Gasteiger partial charge on any atom is -0.396 e. The number of rotatable bonds is 4. The second-order valence-electron chi connectivity index (χ2n) is 3.78. The number of benzene rings is 1. The largest absolute Gasteiger partial charge is 0.396 e. The smallest absolute Gasteiger partial charge is 0.224 e. The molecule has 0 spiro atoms. The van der Waals surface area contributed by atoms with Crippen molar-refractivity contribution in [1.29, 1.82) is 0 Å². The zero-order chi connectivity index (χ0) is 12.8. The van der Waals surface area contributed by atoms with Crippen LogP contribution in [0.4, 0.5) is 0 Å². The van der Waals surface area contributed by atoms with E-state index in [1.54, 1.807) is 0 Å². The Labute approximate surface area is 111 Å². The molecule has 0 saturated heterocycles. The fourth-order valence-corrected chi connectivity index (χ4v) is 1.68. The summed E-state index contributed by atoms with van der Waals surface area (Å²) in [4.78, 5) is 8.30. The van der Waals surface area contributed by atoms with E-state index >= 15 is 0 Å². The van der Waals surface area contributed by atoms with E-state index in [1.165, 1.54) is 0 Å². The number of allylic oxidation sites excluding steroid dienone is 1. The molecule has 0 aromatic heterocycles. The van der Waals surface area contributed by atoms with E-state index in [0.29, 0.717) is 24.1 Å². The van der Waals surface area contributed by atoms with Crippen LogP contribution in [0.1, 0.15) is 12.0 Å². The van der Waals surface area contributed by atoms with Crippen molar-refractivity contribution in [3.8, 4) is 0 Å². The fourth-order valence-electron chi connectivity index (χ4n) is 1.50. The predicted molar refractivity (Wildman–Crippen MR) is 74.8 cm³/mol. The van der Waals surface area contributed by atoms with Crippen LogP contribution in [-0.2, 0) is 0 Å². The number of halogens is 1. The van der Waals surface area contributed by atoms with Gasteiger partial charge in [0.05, 0.1) is 5.70 Å². The van der Waals surface area contributed by atoms with E-state index in [0.717, 1.165) is 11.3 Å². The average molecular weight is 264 g/mol. The van der Waals surface area contributed by atoms with E-state index in [4.69, 9.17) is 16.7 Å². The molecule has 0 bridgehead atoms. The standard InChI is InChI=1S/C13H14ClN3O/c14-12-11(9-10-5-2-1-3-6-10)16-13(17-12)15-7-4-8-18/h1-3,5-6,9,18H,4,7-8H2,(H,15,16)/b11-9+. The molecule has 2 N–H and O–H groups in total. The lowest BCUT2D eigenvalue weighted by molar-refractivity contribution is 0.291. The van der Waals surface area contributed by atoms with Gasteiger partial charge >= 0.3 is 0 Å². The number of nitrogens with zero attached hydrogens (tertiary/aromatic N) is 2. The highest BCUT2D eigenvalue weighted by molar-refractivity contribution is 6.71. The fraction of sp³-hybridized carbons (Fsp3) is 0.231. The van der Waals surface area contributed by atoms with Gasteiger partial charge in [0.1, 0.15) is 0 Å². The molecule has 5 heteroatoms. The Hall–Kier alpha value is -1.65. The number of aliphatic imine (C=N–C) groups is 2. The topological polar surface area (TPSA) is 57.0 Å². The Morgan fingerprint density at radius 1 is 1.33 bits per heavy atom. The van der Waals surface area contributed by atoms with Crippen LogP contribution in [0.25, 0.3) is 6.08 Å². The van der Waals surface area contributed by atoms with Crippen molar-refractivity contribution in [2.24, 2.45) is 9.98 Å². The van der Waals surface area contributed by atoms with E-state index < -0.39 is 0 Å². The van der Waals surface area contributed by atoms with Crippen LogP contribution in [0.3, 0.4) is 0 Å². The van der Waals surface area contributed by atoms with Gasteiger partial charge in [0, 0.05) is 13.2 Å². The minimum atomic E-state index is 0.126. The summed E-state index contributed by atoms with van der Waals surface area (Å²) in [6.45, 7) is 0.659. The van der Waals surface area contributed by atoms with E-state index in [2.05, 4.69) is 15.3 Å². The van der Waals surface area contributed by atoms with Crippen molar-refractivity contribution in [2.75, 3.05) is 13.2 Å². The Morgan fingerprint density at radius 2 is 2.11 bits per heavy atom. The summed E-state index contributed by atoms with van der Waals surface area (Å²) in [6.07, 6.45) is 2.54. The van der Waals surface area contributed by atoms with Crippen molar-refractivity contribution in [3.05, 3.63) is 41.6 Å². The molecule has 0 amide bonds. The van der Waals surface area contributed by atoms with Gasteiger partial charge in [0.15, 0.2) is 5.17 Å². The average Bonchev–Trinajstić information content (AvgIpc) is 2.72. The summed E-state index contributed by atoms with van der Waals surface area (Å²) < 4.78 is 0. The first-order valence-electron chi connectivity index (χ1n) is 5.73. The van der Waals surface area contributed by atoms with Crippen LogP contribution in [0.5, 0.6) is 0 Å². The normalized spacial score (nSPS) is 19.1. The van der Waals surface area contributed by atoms with Gasteiger partial charge in [0.25, 0.3) is 0 Å². The number of guanidine groups is 1. The highest BCUT2D eigenvalue weighted by Crippen LogP contribution is 2.13. The van der Waals surface area contributed by atoms with Gasteiger partial charge in [-0.2, -0.15) is 4.99 Å². The molecule has 0 fully saturated rings. The van der Waals surface area contributed by atoms with Crippen LogP contribution in [0.2, 0.25) is 0 Å². The lowest BCUT2D eigenvalue weighted by atomic mass is 10.2. The lowest BCUT2D eigenvalue weighted by Gasteiger charge is -1.99. The van der Waals surface area contributed by atoms with Gasteiger partial charge in [-0.1, -0.05) is 41.9 Å². The first-order chi connectivity index (χ1) is 8.79. The molecule has 0 atom stereocenters. The SMILES string of the molecule is OCCCN=C1N=C(Cl)/C(=C\c2ccccc2)N1. The molecule has 0 radical (unpaired) electrons. The van der Waals surface area contributed by atoms with Crippen LogP contribution in [-0.4, -0.2) is 29.4 Å². The molecule has 18 heavy (non-hydrogen) atoms. The third-order valence-electron chi connectivity index (χ3n) is 2.36. The maximum absolute atomic E-state index is 8.68. The third kappa shape index (κ3) is 3.42. The molecule has 4 nitrogen and oxygen atoms in total. The lowest BCUT2D eigenvalue weighted by Crippen LogP contribution is -2.15. The maximum atomic E-state index is 8.68. The third-order valence-corrected chi connectivity index (χ3v) is 2.65. The summed E-state index contributed by atoms with van der Waals surface area (Å²) in [7, 11) is 0. The van der Waals surface area contributed by atoms with Crippen LogP contribution < -0.4 is 5.32 Å². The minimum absolute atomic E-state index is 0.126. The summed E-state index contributed by atoms with van der Waals surface area (Å²) in [5.74, 6) is 0.496. The Morgan fingerprint density at radius 3 is 2.83 bits per heavy atom. The molecule has 1 heterocycles. The number of aliphatic hydroxyl groups excluding tert-OH is 1.